The van der Waals surface area contributed by atoms with Crippen molar-refractivity contribution in [1.29, 1.82) is 0 Å². The third kappa shape index (κ3) is 9.32. The summed E-state index contributed by atoms with van der Waals surface area (Å²) in [6.45, 7) is 7.86. The van der Waals surface area contributed by atoms with Crippen LogP contribution in [0.5, 0.6) is 11.5 Å². The molecule has 0 radical (unpaired) electrons. The number of amides is 2. The molecule has 2 aromatic carbocycles. The monoisotopic (exact) mass is 633 g/mol. The average molecular weight is 634 g/mol. The van der Waals surface area contributed by atoms with Gasteiger partial charge in [0.1, 0.15) is 0 Å². The molecular weight excluding hydrogens is 605 g/mol. The highest BCUT2D eigenvalue weighted by molar-refractivity contribution is 14.1. The van der Waals surface area contributed by atoms with Crippen molar-refractivity contribution in [2.75, 3.05) is 24.3 Å². The Bertz CT molecular complexity index is 1260. The van der Waals surface area contributed by atoms with Gasteiger partial charge in [0, 0.05) is 17.1 Å². The molecule has 0 aliphatic heterocycles. The van der Waals surface area contributed by atoms with Crippen molar-refractivity contribution in [2.24, 2.45) is 5.10 Å². The summed E-state index contributed by atoms with van der Waals surface area (Å²) in [5, 5.41) is 7.41. The first-order valence-electron chi connectivity index (χ1n) is 11.5. The summed E-state index contributed by atoms with van der Waals surface area (Å²) in [6.07, 6.45) is 1.52. The Hall–Kier alpha value is -3.19. The molecule has 0 saturated carbocycles. The SMILES string of the molecule is CCOc1cc(/C=N\NC(=O)CSc2nc(C)cc(C)n2)cc(I)c1OCC(=O)Nc1ccc(C)cc1. The molecule has 1 aromatic heterocycles. The lowest BCUT2D eigenvalue weighted by Gasteiger charge is -2.14. The number of hydrogen-bond donors (Lipinski definition) is 2. The molecule has 0 spiro atoms. The van der Waals surface area contributed by atoms with Gasteiger partial charge in [0.15, 0.2) is 23.3 Å². The van der Waals surface area contributed by atoms with E-state index in [2.05, 4.69) is 48.4 Å². The number of nitrogens with one attached hydrogen (secondary N) is 2. The number of nitrogens with zero attached hydrogens (tertiary/aromatic N) is 3. The van der Waals surface area contributed by atoms with Gasteiger partial charge in [-0.15, -0.1) is 0 Å². The Morgan fingerprint density at radius 3 is 2.41 bits per heavy atom. The number of halogens is 1. The molecule has 9 nitrogen and oxygen atoms in total. The molecule has 3 aromatic rings. The predicted octanol–water partition coefficient (Wildman–Crippen LogP) is 4.67. The first-order chi connectivity index (χ1) is 17.7. The summed E-state index contributed by atoms with van der Waals surface area (Å²) in [5.74, 6) is 0.530. The quantitative estimate of drug-likeness (QED) is 0.104. The van der Waals surface area contributed by atoms with Crippen LogP contribution in [-0.2, 0) is 9.59 Å². The van der Waals surface area contributed by atoms with Gasteiger partial charge in [0.05, 0.1) is 22.1 Å². The van der Waals surface area contributed by atoms with Crippen molar-refractivity contribution in [3.05, 3.63) is 68.5 Å². The fourth-order valence-electron chi connectivity index (χ4n) is 3.14. The van der Waals surface area contributed by atoms with Crippen LogP contribution in [0.2, 0.25) is 0 Å². The molecule has 0 atom stereocenters. The third-order valence-electron chi connectivity index (χ3n) is 4.71. The van der Waals surface area contributed by atoms with Crippen molar-refractivity contribution in [1.82, 2.24) is 15.4 Å². The molecule has 0 bridgehead atoms. The molecule has 0 saturated heterocycles. The second-order valence-electron chi connectivity index (χ2n) is 7.98. The zero-order chi connectivity index (χ0) is 26.8. The van der Waals surface area contributed by atoms with Gasteiger partial charge >= 0.3 is 0 Å². The first kappa shape index (κ1) is 28.4. The van der Waals surface area contributed by atoms with Crippen molar-refractivity contribution >= 4 is 58.1 Å². The zero-order valence-electron chi connectivity index (χ0n) is 21.0. The van der Waals surface area contributed by atoms with Gasteiger partial charge in [-0.25, -0.2) is 15.4 Å². The van der Waals surface area contributed by atoms with Gasteiger partial charge in [-0.1, -0.05) is 29.5 Å². The van der Waals surface area contributed by atoms with E-state index in [-0.39, 0.29) is 24.2 Å². The molecule has 2 N–H and O–H groups in total. The molecule has 194 valence electrons. The van der Waals surface area contributed by atoms with Crippen LogP contribution in [0.1, 0.15) is 29.4 Å². The maximum atomic E-state index is 12.4. The van der Waals surface area contributed by atoms with Gasteiger partial charge in [0.2, 0.25) is 0 Å². The number of thioether (sulfide) groups is 1. The molecular formula is C26H28IN5O4S. The van der Waals surface area contributed by atoms with Crippen LogP contribution < -0.4 is 20.2 Å². The van der Waals surface area contributed by atoms with Crippen LogP contribution >= 0.6 is 34.4 Å². The van der Waals surface area contributed by atoms with Crippen LogP contribution in [0.3, 0.4) is 0 Å². The lowest BCUT2D eigenvalue weighted by molar-refractivity contribution is -0.119. The number of aryl methyl sites for hydroxylation is 3. The smallest absolute Gasteiger partial charge is 0.262 e. The normalized spacial score (nSPS) is 10.8. The average Bonchev–Trinajstić information content (AvgIpc) is 2.83. The molecule has 11 heteroatoms. The first-order valence-corrected chi connectivity index (χ1v) is 13.5. The molecule has 1 heterocycles. The summed E-state index contributed by atoms with van der Waals surface area (Å²) in [4.78, 5) is 33.1. The Morgan fingerprint density at radius 2 is 1.73 bits per heavy atom. The maximum Gasteiger partial charge on any atom is 0.262 e. The van der Waals surface area contributed by atoms with Crippen molar-refractivity contribution < 1.29 is 19.1 Å². The highest BCUT2D eigenvalue weighted by Crippen LogP contribution is 2.34. The summed E-state index contributed by atoms with van der Waals surface area (Å²) in [6, 6.07) is 13.0. The predicted molar refractivity (Wildman–Crippen MR) is 154 cm³/mol. The van der Waals surface area contributed by atoms with Crippen LogP contribution in [0, 0.1) is 24.3 Å². The van der Waals surface area contributed by atoms with Crippen molar-refractivity contribution in [2.45, 2.75) is 32.9 Å². The van der Waals surface area contributed by atoms with E-state index in [0.717, 1.165) is 20.5 Å². The van der Waals surface area contributed by atoms with E-state index >= 15 is 0 Å². The van der Waals surface area contributed by atoms with Crippen molar-refractivity contribution in [3.8, 4) is 11.5 Å². The molecule has 0 aliphatic carbocycles. The summed E-state index contributed by atoms with van der Waals surface area (Å²) < 4.78 is 12.3. The van der Waals surface area contributed by atoms with Gasteiger partial charge < -0.3 is 14.8 Å². The lowest BCUT2D eigenvalue weighted by atomic mass is 10.2. The number of aromatic nitrogens is 2. The number of carbonyl (C=O) groups is 2. The van der Waals surface area contributed by atoms with Crippen LogP contribution in [0.4, 0.5) is 5.69 Å². The van der Waals surface area contributed by atoms with E-state index in [1.54, 1.807) is 6.07 Å². The van der Waals surface area contributed by atoms with E-state index in [9.17, 15) is 9.59 Å². The third-order valence-corrected chi connectivity index (χ3v) is 6.36. The van der Waals surface area contributed by atoms with E-state index in [0.29, 0.717) is 34.5 Å². The topological polar surface area (TPSA) is 115 Å². The molecule has 2 amide bonds. The lowest BCUT2D eigenvalue weighted by Crippen LogP contribution is -2.21. The van der Waals surface area contributed by atoms with Crippen LogP contribution in [-0.4, -0.2) is 47.0 Å². The minimum atomic E-state index is -0.278. The number of anilines is 1. The Morgan fingerprint density at radius 1 is 1.03 bits per heavy atom. The van der Waals surface area contributed by atoms with Gasteiger partial charge in [0.25, 0.3) is 11.8 Å². The Labute approximate surface area is 234 Å². The fraction of sp³-hybridized carbons (Fsp3) is 0.269. The molecule has 3 rings (SSSR count). The second kappa shape index (κ2) is 13.9. The Balaban J connectivity index is 1.57. The molecule has 0 fully saturated rings. The second-order valence-corrected chi connectivity index (χ2v) is 10.1. The van der Waals surface area contributed by atoms with E-state index < -0.39 is 0 Å². The van der Waals surface area contributed by atoms with Crippen LogP contribution in [0.25, 0.3) is 0 Å². The summed E-state index contributed by atoms with van der Waals surface area (Å²) >= 11 is 3.36. The number of benzene rings is 2. The highest BCUT2D eigenvalue weighted by atomic mass is 127. The van der Waals surface area contributed by atoms with E-state index in [1.807, 2.05) is 64.1 Å². The number of hydrogen-bond acceptors (Lipinski definition) is 8. The van der Waals surface area contributed by atoms with E-state index in [1.165, 1.54) is 18.0 Å². The number of hydrazone groups is 1. The van der Waals surface area contributed by atoms with Gasteiger partial charge in [-0.2, -0.15) is 5.10 Å². The Kier molecular flexibility index (Phi) is 10.7. The standard InChI is InChI=1S/C26H28IN5O4S/c1-5-35-22-12-19(13-28-32-24(34)15-37-26-29-17(3)10-18(4)30-26)11-21(27)25(22)36-14-23(33)31-20-8-6-16(2)7-9-20/h6-13H,5,14-15H2,1-4H3,(H,31,33)(H,32,34)/b28-13-. The fourth-order valence-corrected chi connectivity index (χ4v) is 4.66. The zero-order valence-corrected chi connectivity index (χ0v) is 24.0. The number of rotatable bonds is 11. The van der Waals surface area contributed by atoms with Crippen LogP contribution in [0.15, 0.2) is 52.7 Å². The minimum Gasteiger partial charge on any atom is -0.490 e. The maximum absolute atomic E-state index is 12.4. The van der Waals surface area contributed by atoms with Gasteiger partial charge in [-0.05, 0) is 86.2 Å². The summed E-state index contributed by atoms with van der Waals surface area (Å²) in [7, 11) is 0. The molecule has 0 unspecified atom stereocenters. The molecule has 0 aliphatic rings. The minimum absolute atomic E-state index is 0.138. The number of ether oxygens (including phenoxy) is 2. The van der Waals surface area contributed by atoms with Crippen molar-refractivity contribution in [3.63, 3.8) is 0 Å². The number of carbonyl (C=O) groups excluding carboxylic acids is 2. The summed E-state index contributed by atoms with van der Waals surface area (Å²) in [5.41, 5.74) is 6.73. The largest absolute Gasteiger partial charge is 0.490 e. The highest BCUT2D eigenvalue weighted by Gasteiger charge is 2.14. The molecule has 37 heavy (non-hydrogen) atoms. The van der Waals surface area contributed by atoms with Gasteiger partial charge in [-0.3, -0.25) is 9.59 Å². The van der Waals surface area contributed by atoms with E-state index in [4.69, 9.17) is 9.47 Å².